The summed E-state index contributed by atoms with van der Waals surface area (Å²) in [6.07, 6.45) is 10.2. The fourth-order valence-corrected chi connectivity index (χ4v) is 4.29. The van der Waals surface area contributed by atoms with Crippen molar-refractivity contribution >= 4 is 12.2 Å². The van der Waals surface area contributed by atoms with Crippen molar-refractivity contribution in [2.45, 2.75) is 57.4 Å². The largest absolute Gasteiger partial charge is 0.338 e. The van der Waals surface area contributed by atoms with Crippen molar-refractivity contribution in [1.29, 1.82) is 0 Å². The van der Waals surface area contributed by atoms with Gasteiger partial charge < -0.3 is 15.0 Å². The van der Waals surface area contributed by atoms with E-state index in [1.165, 1.54) is 32.1 Å². The average molecular weight is 342 g/mol. The minimum atomic E-state index is -0.385. The lowest BCUT2D eigenvalue weighted by Crippen LogP contribution is -2.48. The maximum atomic E-state index is 12.7. The number of carbonyl (C=O) groups is 2. The highest BCUT2D eigenvalue weighted by Crippen LogP contribution is 2.32. The van der Waals surface area contributed by atoms with Crippen LogP contribution in [0.2, 0.25) is 0 Å². The number of amides is 1. The van der Waals surface area contributed by atoms with Gasteiger partial charge >= 0.3 is 0 Å². The number of rotatable bonds is 6. The molecular weight excluding hydrogens is 312 g/mol. The minimum absolute atomic E-state index is 0.0479. The van der Waals surface area contributed by atoms with Crippen molar-refractivity contribution in [2.75, 3.05) is 19.6 Å². The Balaban J connectivity index is 1.56. The molecule has 3 rings (SSSR count). The van der Waals surface area contributed by atoms with Crippen LogP contribution in [0.5, 0.6) is 0 Å². The molecule has 1 saturated heterocycles. The molecule has 1 amide bonds. The van der Waals surface area contributed by atoms with Crippen molar-refractivity contribution in [2.24, 2.45) is 5.41 Å². The molecule has 1 heterocycles. The molecule has 136 valence electrons. The summed E-state index contributed by atoms with van der Waals surface area (Å²) in [4.78, 5) is 26.5. The molecule has 0 radical (unpaired) electrons. The third kappa shape index (κ3) is 4.69. The number of aldehydes is 1. The second-order valence-corrected chi connectivity index (χ2v) is 7.72. The van der Waals surface area contributed by atoms with Gasteiger partial charge in [-0.05, 0) is 50.8 Å². The van der Waals surface area contributed by atoms with Crippen molar-refractivity contribution in [3.05, 3.63) is 35.9 Å². The molecule has 1 aromatic carbocycles. The van der Waals surface area contributed by atoms with Crippen LogP contribution < -0.4 is 5.32 Å². The summed E-state index contributed by atoms with van der Waals surface area (Å²) in [6, 6.07) is 10.0. The van der Waals surface area contributed by atoms with Crippen LogP contribution in [0.4, 0.5) is 0 Å². The predicted octanol–water partition coefficient (Wildman–Crippen LogP) is 3.42. The number of hydrogen-bond donors (Lipinski definition) is 1. The fraction of sp³-hybridized carbons (Fsp3) is 0.619. The van der Waals surface area contributed by atoms with Gasteiger partial charge in [0, 0.05) is 30.1 Å². The highest BCUT2D eigenvalue weighted by Gasteiger charge is 2.37. The van der Waals surface area contributed by atoms with Crippen LogP contribution in [0, 0.1) is 5.41 Å². The maximum absolute atomic E-state index is 12.7. The van der Waals surface area contributed by atoms with E-state index in [2.05, 4.69) is 5.32 Å². The van der Waals surface area contributed by atoms with E-state index in [1.807, 2.05) is 35.2 Å². The number of likely N-dealkylation sites (tertiary alicyclic amines) is 1. The first kappa shape index (κ1) is 18.1. The van der Waals surface area contributed by atoms with Gasteiger partial charge in [-0.1, -0.05) is 37.5 Å². The summed E-state index contributed by atoms with van der Waals surface area (Å²) < 4.78 is 0. The third-order valence-electron chi connectivity index (χ3n) is 5.83. The van der Waals surface area contributed by atoms with Gasteiger partial charge in [0.15, 0.2) is 0 Å². The summed E-state index contributed by atoms with van der Waals surface area (Å²) >= 11 is 0. The Morgan fingerprint density at radius 2 is 1.92 bits per heavy atom. The Hall–Kier alpha value is -1.68. The van der Waals surface area contributed by atoms with E-state index in [0.717, 1.165) is 38.6 Å². The highest BCUT2D eigenvalue weighted by molar-refractivity contribution is 5.94. The number of nitrogens with one attached hydrogen (secondary N) is 1. The molecule has 0 spiro atoms. The van der Waals surface area contributed by atoms with E-state index in [0.29, 0.717) is 18.2 Å². The number of carbonyl (C=O) groups excluding carboxylic acids is 2. The van der Waals surface area contributed by atoms with Crippen molar-refractivity contribution in [1.82, 2.24) is 10.2 Å². The van der Waals surface area contributed by atoms with Gasteiger partial charge in [0.05, 0.1) is 0 Å². The van der Waals surface area contributed by atoms with E-state index in [4.69, 9.17) is 0 Å². The quantitative estimate of drug-likeness (QED) is 0.806. The van der Waals surface area contributed by atoms with Gasteiger partial charge in [0.25, 0.3) is 5.91 Å². The van der Waals surface area contributed by atoms with Gasteiger partial charge in [-0.2, -0.15) is 0 Å². The second kappa shape index (κ2) is 8.61. The fourth-order valence-electron chi connectivity index (χ4n) is 4.29. The number of piperidine rings is 1. The Kier molecular flexibility index (Phi) is 6.24. The average Bonchev–Trinajstić information content (AvgIpc) is 2.69. The number of benzene rings is 1. The van der Waals surface area contributed by atoms with Crippen LogP contribution in [0.25, 0.3) is 0 Å². The Morgan fingerprint density at radius 1 is 1.16 bits per heavy atom. The molecule has 2 aliphatic rings. The van der Waals surface area contributed by atoms with Gasteiger partial charge in [0.1, 0.15) is 6.29 Å². The topological polar surface area (TPSA) is 49.4 Å². The standard InChI is InChI=1S/C21H30N2O2/c24-17-21(13-14-22-19-10-5-2-6-11-19)12-7-15-23(16-21)20(25)18-8-3-1-4-9-18/h1,3-4,8-9,17,19,22H,2,5-7,10-16H2. The zero-order chi connectivity index (χ0) is 17.5. The monoisotopic (exact) mass is 342 g/mol. The summed E-state index contributed by atoms with van der Waals surface area (Å²) in [7, 11) is 0. The highest BCUT2D eigenvalue weighted by atomic mass is 16.2. The van der Waals surface area contributed by atoms with Gasteiger partial charge in [-0.3, -0.25) is 4.79 Å². The zero-order valence-corrected chi connectivity index (χ0v) is 15.1. The molecule has 1 saturated carbocycles. The summed E-state index contributed by atoms with van der Waals surface area (Å²) in [5, 5.41) is 3.64. The third-order valence-corrected chi connectivity index (χ3v) is 5.83. The van der Waals surface area contributed by atoms with E-state index in [9.17, 15) is 9.59 Å². The van der Waals surface area contributed by atoms with E-state index in [1.54, 1.807) is 0 Å². The molecule has 0 bridgehead atoms. The molecule has 1 unspecified atom stereocenters. The van der Waals surface area contributed by atoms with Crippen LogP contribution in [-0.4, -0.2) is 42.8 Å². The first-order chi connectivity index (χ1) is 12.2. The second-order valence-electron chi connectivity index (χ2n) is 7.72. The zero-order valence-electron chi connectivity index (χ0n) is 15.1. The molecule has 1 aliphatic heterocycles. The van der Waals surface area contributed by atoms with Gasteiger partial charge in [0.2, 0.25) is 0 Å². The maximum Gasteiger partial charge on any atom is 0.253 e. The van der Waals surface area contributed by atoms with E-state index < -0.39 is 0 Å². The van der Waals surface area contributed by atoms with Crippen LogP contribution >= 0.6 is 0 Å². The Bertz CT molecular complexity index is 569. The molecule has 4 heteroatoms. The van der Waals surface area contributed by atoms with E-state index in [-0.39, 0.29) is 11.3 Å². The molecule has 4 nitrogen and oxygen atoms in total. The Labute approximate surface area is 151 Å². The van der Waals surface area contributed by atoms with Crippen LogP contribution in [0.15, 0.2) is 30.3 Å². The first-order valence-electron chi connectivity index (χ1n) is 9.76. The van der Waals surface area contributed by atoms with Crippen molar-refractivity contribution in [3.63, 3.8) is 0 Å². The van der Waals surface area contributed by atoms with Gasteiger partial charge in [-0.25, -0.2) is 0 Å². The molecule has 25 heavy (non-hydrogen) atoms. The summed E-state index contributed by atoms with van der Waals surface area (Å²) in [5.41, 5.74) is 0.328. The normalized spacial score (nSPS) is 24.9. The van der Waals surface area contributed by atoms with Crippen LogP contribution in [-0.2, 0) is 4.79 Å². The lowest BCUT2D eigenvalue weighted by atomic mass is 9.78. The molecule has 0 aromatic heterocycles. The molecule has 1 atom stereocenters. The lowest BCUT2D eigenvalue weighted by Gasteiger charge is -2.40. The summed E-state index contributed by atoms with van der Waals surface area (Å²) in [5.74, 6) is 0.0479. The minimum Gasteiger partial charge on any atom is -0.338 e. The summed E-state index contributed by atoms with van der Waals surface area (Å²) in [6.45, 7) is 2.17. The van der Waals surface area contributed by atoms with Gasteiger partial charge in [-0.15, -0.1) is 0 Å². The predicted molar refractivity (Wildman–Crippen MR) is 99.6 cm³/mol. The van der Waals surface area contributed by atoms with Crippen molar-refractivity contribution in [3.8, 4) is 0 Å². The molecule has 1 aromatic rings. The van der Waals surface area contributed by atoms with E-state index >= 15 is 0 Å². The SMILES string of the molecule is O=CC1(CCNC2CCCCC2)CCCN(C(=O)c2ccccc2)C1. The smallest absolute Gasteiger partial charge is 0.253 e. The number of hydrogen-bond acceptors (Lipinski definition) is 3. The first-order valence-corrected chi connectivity index (χ1v) is 9.76. The number of nitrogens with zero attached hydrogens (tertiary/aromatic N) is 1. The van der Waals surface area contributed by atoms with Crippen LogP contribution in [0.1, 0.15) is 61.7 Å². The lowest BCUT2D eigenvalue weighted by molar-refractivity contribution is -0.119. The molecule has 1 N–H and O–H groups in total. The molecular formula is C21H30N2O2. The van der Waals surface area contributed by atoms with Crippen molar-refractivity contribution < 1.29 is 9.59 Å². The van der Waals surface area contributed by atoms with Crippen LogP contribution in [0.3, 0.4) is 0 Å². The Morgan fingerprint density at radius 3 is 2.64 bits per heavy atom. The molecule has 2 fully saturated rings. The molecule has 1 aliphatic carbocycles.